The number of nitro groups is 1. The van der Waals surface area contributed by atoms with Crippen molar-refractivity contribution in [1.29, 1.82) is 0 Å². The number of anilines is 1. The Labute approximate surface area is 177 Å². The van der Waals surface area contributed by atoms with Crippen LogP contribution in [0.2, 0.25) is 0 Å². The molecule has 4 rings (SSSR count). The fourth-order valence-electron chi connectivity index (χ4n) is 3.00. The van der Waals surface area contributed by atoms with Gasteiger partial charge in [-0.15, -0.1) is 0 Å². The smallest absolute Gasteiger partial charge is 0.407 e. The lowest BCUT2D eigenvalue weighted by Gasteiger charge is -2.10. The average Bonchev–Trinajstić information content (AvgIpc) is 3.27. The SMILES string of the molecule is O=C(Cn1c(=O)oc2cc([N+](=O)[O-])ccc21)Nc1ccnn1Cc1ccccc1Br. The molecule has 0 atom stereocenters. The Morgan fingerprint density at radius 2 is 2.03 bits per heavy atom. The Kier molecular flexibility index (Phi) is 5.19. The molecule has 2 heterocycles. The number of hydrogen-bond donors (Lipinski definition) is 1. The van der Waals surface area contributed by atoms with E-state index in [1.807, 2.05) is 24.3 Å². The van der Waals surface area contributed by atoms with E-state index in [4.69, 9.17) is 4.42 Å². The second-order valence-corrected chi connectivity index (χ2v) is 7.23. The van der Waals surface area contributed by atoms with Crippen molar-refractivity contribution >= 4 is 44.4 Å². The second kappa shape index (κ2) is 7.95. The van der Waals surface area contributed by atoms with Gasteiger partial charge in [-0.3, -0.25) is 19.5 Å². The summed E-state index contributed by atoms with van der Waals surface area (Å²) in [5.74, 6) is -0.776. The van der Waals surface area contributed by atoms with Crippen LogP contribution in [0.5, 0.6) is 0 Å². The lowest BCUT2D eigenvalue weighted by atomic mass is 10.2. The first-order chi connectivity index (χ1) is 14.4. The molecule has 152 valence electrons. The number of rotatable bonds is 6. The van der Waals surface area contributed by atoms with Crippen molar-refractivity contribution in [1.82, 2.24) is 14.3 Å². The number of benzene rings is 2. The van der Waals surface area contributed by atoms with E-state index in [9.17, 15) is 19.7 Å². The van der Waals surface area contributed by atoms with Crippen LogP contribution in [0.4, 0.5) is 11.5 Å². The molecule has 0 aliphatic carbocycles. The zero-order valence-corrected chi connectivity index (χ0v) is 16.9. The maximum Gasteiger partial charge on any atom is 0.420 e. The first kappa shape index (κ1) is 19.6. The van der Waals surface area contributed by atoms with Crippen LogP contribution >= 0.6 is 15.9 Å². The molecule has 0 bridgehead atoms. The Morgan fingerprint density at radius 1 is 1.23 bits per heavy atom. The van der Waals surface area contributed by atoms with Crippen molar-refractivity contribution < 1.29 is 14.1 Å². The summed E-state index contributed by atoms with van der Waals surface area (Å²) in [6.07, 6.45) is 1.56. The molecule has 1 amide bonds. The van der Waals surface area contributed by atoms with Crippen LogP contribution < -0.4 is 11.1 Å². The number of aromatic nitrogens is 3. The van der Waals surface area contributed by atoms with Gasteiger partial charge in [-0.05, 0) is 17.7 Å². The van der Waals surface area contributed by atoms with Crippen LogP contribution in [-0.2, 0) is 17.9 Å². The standard InChI is InChI=1S/C19H14BrN5O5/c20-14-4-2-1-3-12(14)10-24-17(7-8-21-24)22-18(26)11-23-15-6-5-13(25(28)29)9-16(15)30-19(23)27/h1-9H,10-11H2,(H,22,26). The molecule has 0 fully saturated rings. The Balaban J connectivity index is 1.53. The van der Waals surface area contributed by atoms with Crippen LogP contribution in [0.1, 0.15) is 5.56 Å². The minimum Gasteiger partial charge on any atom is -0.407 e. The summed E-state index contributed by atoms with van der Waals surface area (Å²) in [4.78, 5) is 35.0. The molecule has 30 heavy (non-hydrogen) atoms. The summed E-state index contributed by atoms with van der Waals surface area (Å²) in [6, 6.07) is 13.1. The zero-order chi connectivity index (χ0) is 21.3. The molecule has 0 aliphatic heterocycles. The summed E-state index contributed by atoms with van der Waals surface area (Å²) in [5, 5.41) is 17.8. The molecular formula is C19H14BrN5O5. The molecule has 11 heteroatoms. The van der Waals surface area contributed by atoms with Gasteiger partial charge in [0, 0.05) is 16.6 Å². The highest BCUT2D eigenvalue weighted by Crippen LogP contribution is 2.21. The molecule has 1 N–H and O–H groups in total. The Bertz CT molecular complexity index is 1320. The van der Waals surface area contributed by atoms with Crippen LogP contribution in [0.25, 0.3) is 11.1 Å². The molecule has 4 aromatic rings. The van der Waals surface area contributed by atoms with E-state index in [1.165, 1.54) is 12.1 Å². The average molecular weight is 472 g/mol. The molecule has 2 aromatic carbocycles. The van der Waals surface area contributed by atoms with Crippen molar-refractivity contribution in [3.05, 3.63) is 85.4 Å². The van der Waals surface area contributed by atoms with Gasteiger partial charge in [0.15, 0.2) is 5.58 Å². The molecule has 0 spiro atoms. The van der Waals surface area contributed by atoms with Crippen LogP contribution in [0.3, 0.4) is 0 Å². The highest BCUT2D eigenvalue weighted by Gasteiger charge is 2.17. The summed E-state index contributed by atoms with van der Waals surface area (Å²) < 4.78 is 8.70. The molecule has 0 saturated heterocycles. The van der Waals surface area contributed by atoms with Gasteiger partial charge < -0.3 is 9.73 Å². The number of hydrogen-bond acceptors (Lipinski definition) is 6. The first-order valence-corrected chi connectivity index (χ1v) is 9.54. The topological polar surface area (TPSA) is 125 Å². The first-order valence-electron chi connectivity index (χ1n) is 8.75. The van der Waals surface area contributed by atoms with Gasteiger partial charge >= 0.3 is 5.76 Å². The zero-order valence-electron chi connectivity index (χ0n) is 15.3. The monoisotopic (exact) mass is 471 g/mol. The van der Waals surface area contributed by atoms with Crippen LogP contribution in [0.15, 0.2) is 68.4 Å². The highest BCUT2D eigenvalue weighted by molar-refractivity contribution is 9.10. The normalized spacial score (nSPS) is 11.0. The summed E-state index contributed by atoms with van der Waals surface area (Å²) >= 11 is 3.48. The van der Waals surface area contributed by atoms with Gasteiger partial charge in [0.1, 0.15) is 12.4 Å². The van der Waals surface area contributed by atoms with E-state index in [1.54, 1.807) is 16.9 Å². The number of non-ortho nitro benzene ring substituents is 1. The number of nitrogens with one attached hydrogen (secondary N) is 1. The molecule has 0 saturated carbocycles. The van der Waals surface area contributed by atoms with Crippen molar-refractivity contribution in [3.63, 3.8) is 0 Å². The van der Waals surface area contributed by atoms with Crippen molar-refractivity contribution in [2.75, 3.05) is 5.32 Å². The quantitative estimate of drug-likeness (QED) is 0.340. The van der Waals surface area contributed by atoms with Crippen LogP contribution in [0, 0.1) is 10.1 Å². The minimum atomic E-state index is -0.776. The van der Waals surface area contributed by atoms with Gasteiger partial charge in [0.2, 0.25) is 5.91 Å². The van der Waals surface area contributed by atoms with Crippen molar-refractivity contribution in [2.45, 2.75) is 13.1 Å². The molecule has 0 unspecified atom stereocenters. The predicted molar refractivity (Wildman–Crippen MR) is 111 cm³/mol. The predicted octanol–water partition coefficient (Wildman–Crippen LogP) is 3.15. The highest BCUT2D eigenvalue weighted by atomic mass is 79.9. The maximum absolute atomic E-state index is 12.5. The second-order valence-electron chi connectivity index (χ2n) is 6.38. The largest absolute Gasteiger partial charge is 0.420 e. The molecule has 0 radical (unpaired) electrons. The van der Waals surface area contributed by atoms with E-state index in [-0.39, 0.29) is 17.8 Å². The number of carbonyl (C=O) groups excluding carboxylic acids is 1. The van der Waals surface area contributed by atoms with Crippen molar-refractivity contribution in [2.24, 2.45) is 0 Å². The van der Waals surface area contributed by atoms with Gasteiger partial charge in [-0.2, -0.15) is 5.10 Å². The lowest BCUT2D eigenvalue weighted by Crippen LogP contribution is -2.25. The van der Waals surface area contributed by atoms with Gasteiger partial charge in [-0.1, -0.05) is 34.1 Å². The number of carbonyl (C=O) groups is 1. The lowest BCUT2D eigenvalue weighted by molar-refractivity contribution is -0.384. The van der Waals surface area contributed by atoms with E-state index < -0.39 is 16.6 Å². The molecular weight excluding hydrogens is 458 g/mol. The summed E-state index contributed by atoms with van der Waals surface area (Å²) in [6.45, 7) is 0.117. The number of amides is 1. The fraction of sp³-hybridized carbons (Fsp3) is 0.105. The third-order valence-electron chi connectivity index (χ3n) is 4.43. The molecule has 10 nitrogen and oxygen atoms in total. The number of nitrogens with zero attached hydrogens (tertiary/aromatic N) is 4. The number of nitro benzene ring substituents is 1. The number of halogens is 1. The third-order valence-corrected chi connectivity index (χ3v) is 5.20. The van der Waals surface area contributed by atoms with Crippen LogP contribution in [-0.4, -0.2) is 25.2 Å². The van der Waals surface area contributed by atoms with E-state index in [2.05, 4.69) is 26.3 Å². The van der Waals surface area contributed by atoms with Gasteiger partial charge in [-0.25, -0.2) is 9.48 Å². The third kappa shape index (κ3) is 3.87. The Morgan fingerprint density at radius 3 is 2.80 bits per heavy atom. The minimum absolute atomic E-state index is 0.0426. The van der Waals surface area contributed by atoms with E-state index >= 15 is 0 Å². The number of fused-ring (bicyclic) bond motifs is 1. The summed E-state index contributed by atoms with van der Waals surface area (Å²) in [7, 11) is 0. The van der Waals surface area contributed by atoms with E-state index in [0.29, 0.717) is 17.9 Å². The van der Waals surface area contributed by atoms with Gasteiger partial charge in [0.05, 0.1) is 29.2 Å². The Hall–Kier alpha value is -3.73. The maximum atomic E-state index is 12.5. The molecule has 0 aliphatic rings. The summed E-state index contributed by atoms with van der Waals surface area (Å²) in [5.41, 5.74) is 1.11. The fourth-order valence-corrected chi connectivity index (χ4v) is 3.41. The van der Waals surface area contributed by atoms with Crippen molar-refractivity contribution in [3.8, 4) is 0 Å². The molecule has 2 aromatic heterocycles. The van der Waals surface area contributed by atoms with E-state index in [0.717, 1.165) is 20.7 Å². The van der Waals surface area contributed by atoms with Gasteiger partial charge in [0.25, 0.3) is 5.69 Å². The number of oxazole rings is 1.